The first kappa shape index (κ1) is 11.2. The number of benzene rings is 1. The van der Waals surface area contributed by atoms with Crippen LogP contribution in [0.15, 0.2) is 18.2 Å². The van der Waals surface area contributed by atoms with Gasteiger partial charge in [0.25, 0.3) is 0 Å². The van der Waals surface area contributed by atoms with Gasteiger partial charge in [0.05, 0.1) is 0 Å². The van der Waals surface area contributed by atoms with Crippen LogP contribution < -0.4 is 0 Å². The molecule has 2 rings (SSSR count). The van der Waals surface area contributed by atoms with Crippen molar-refractivity contribution in [1.29, 1.82) is 0 Å². The van der Waals surface area contributed by atoms with Gasteiger partial charge in [0.2, 0.25) is 0 Å². The van der Waals surface area contributed by atoms with Crippen LogP contribution in [0.25, 0.3) is 0 Å². The lowest BCUT2D eigenvalue weighted by Crippen LogP contribution is -1.95. The normalized spacial score (nSPS) is 13.8. The first-order valence-electron chi connectivity index (χ1n) is 6.08. The fourth-order valence-electron chi connectivity index (χ4n) is 2.39. The Morgan fingerprint density at radius 1 is 1.19 bits per heavy atom. The number of rotatable bonds is 5. The summed E-state index contributed by atoms with van der Waals surface area (Å²) in [6.07, 6.45) is 6.81. The lowest BCUT2D eigenvalue weighted by atomic mass is 10.0. The maximum Gasteiger partial charge on any atom is 0.303 e. The van der Waals surface area contributed by atoms with Crippen LogP contribution in [0.5, 0.6) is 0 Å². The zero-order chi connectivity index (χ0) is 11.4. The molecule has 0 amide bonds. The highest BCUT2D eigenvalue weighted by Crippen LogP contribution is 2.23. The van der Waals surface area contributed by atoms with Crippen molar-refractivity contribution in [1.82, 2.24) is 0 Å². The van der Waals surface area contributed by atoms with Gasteiger partial charge in [-0.2, -0.15) is 0 Å². The van der Waals surface area contributed by atoms with Crippen LogP contribution in [0.1, 0.15) is 42.4 Å². The maximum absolute atomic E-state index is 10.4. The predicted molar refractivity (Wildman–Crippen MR) is 63.7 cm³/mol. The van der Waals surface area contributed by atoms with Crippen molar-refractivity contribution in [2.24, 2.45) is 0 Å². The first-order valence-corrected chi connectivity index (χ1v) is 6.08. The number of aryl methyl sites for hydroxylation is 3. The van der Waals surface area contributed by atoms with E-state index < -0.39 is 5.97 Å². The Bertz CT molecular complexity index is 382. The molecule has 1 aromatic carbocycles. The van der Waals surface area contributed by atoms with Gasteiger partial charge in [-0.15, -0.1) is 0 Å². The van der Waals surface area contributed by atoms with Crippen molar-refractivity contribution in [2.75, 3.05) is 0 Å². The highest BCUT2D eigenvalue weighted by atomic mass is 16.4. The standard InChI is InChI=1S/C14H18O2/c15-14(16)7-2-1-4-11-8-9-12-5-3-6-13(12)10-11/h8-10H,1-7H2,(H,15,16). The first-order chi connectivity index (χ1) is 7.75. The minimum Gasteiger partial charge on any atom is -0.481 e. The minimum absolute atomic E-state index is 0.297. The molecule has 0 bridgehead atoms. The van der Waals surface area contributed by atoms with E-state index in [1.807, 2.05) is 0 Å². The molecule has 0 saturated heterocycles. The molecule has 0 saturated carbocycles. The highest BCUT2D eigenvalue weighted by molar-refractivity contribution is 5.66. The van der Waals surface area contributed by atoms with Gasteiger partial charge in [0, 0.05) is 6.42 Å². The van der Waals surface area contributed by atoms with Crippen LogP contribution in [0, 0.1) is 0 Å². The second kappa shape index (κ2) is 5.15. The zero-order valence-corrected chi connectivity index (χ0v) is 9.54. The van der Waals surface area contributed by atoms with Gasteiger partial charge in [0.1, 0.15) is 0 Å². The van der Waals surface area contributed by atoms with Gasteiger partial charge < -0.3 is 5.11 Å². The molecule has 1 aliphatic rings. The Labute approximate surface area is 96.3 Å². The van der Waals surface area contributed by atoms with Gasteiger partial charge in [-0.25, -0.2) is 0 Å². The van der Waals surface area contributed by atoms with E-state index in [0.717, 1.165) is 19.3 Å². The van der Waals surface area contributed by atoms with Crippen LogP contribution in [0.4, 0.5) is 0 Å². The van der Waals surface area contributed by atoms with E-state index in [1.165, 1.54) is 36.0 Å². The van der Waals surface area contributed by atoms with Gasteiger partial charge in [0.15, 0.2) is 0 Å². The van der Waals surface area contributed by atoms with E-state index in [2.05, 4.69) is 18.2 Å². The molecule has 86 valence electrons. The van der Waals surface area contributed by atoms with E-state index in [1.54, 1.807) is 0 Å². The van der Waals surface area contributed by atoms with Crippen molar-refractivity contribution < 1.29 is 9.90 Å². The SMILES string of the molecule is O=C(O)CCCCc1ccc2c(c1)CCC2. The van der Waals surface area contributed by atoms with Gasteiger partial charge >= 0.3 is 5.97 Å². The Morgan fingerprint density at radius 3 is 2.81 bits per heavy atom. The molecule has 1 aliphatic carbocycles. The van der Waals surface area contributed by atoms with Crippen LogP contribution in [0.2, 0.25) is 0 Å². The van der Waals surface area contributed by atoms with Crippen LogP contribution in [-0.4, -0.2) is 11.1 Å². The summed E-state index contributed by atoms with van der Waals surface area (Å²) in [7, 11) is 0. The molecular formula is C14H18O2. The molecule has 0 aromatic heterocycles. The predicted octanol–water partition coefficient (Wildman–Crippen LogP) is 2.97. The second-order valence-corrected chi connectivity index (χ2v) is 4.56. The lowest BCUT2D eigenvalue weighted by Gasteiger charge is -2.04. The minimum atomic E-state index is -0.686. The van der Waals surface area contributed by atoms with Gasteiger partial charge in [-0.3, -0.25) is 4.79 Å². The second-order valence-electron chi connectivity index (χ2n) is 4.56. The third-order valence-electron chi connectivity index (χ3n) is 3.27. The molecule has 1 N–H and O–H groups in total. The Kier molecular flexibility index (Phi) is 3.60. The van der Waals surface area contributed by atoms with E-state index >= 15 is 0 Å². The van der Waals surface area contributed by atoms with E-state index in [-0.39, 0.29) is 0 Å². The number of hydrogen-bond acceptors (Lipinski definition) is 1. The molecule has 0 unspecified atom stereocenters. The molecule has 0 spiro atoms. The van der Waals surface area contributed by atoms with E-state index in [9.17, 15) is 4.79 Å². The lowest BCUT2D eigenvalue weighted by molar-refractivity contribution is -0.137. The van der Waals surface area contributed by atoms with Crippen molar-refractivity contribution in [3.63, 3.8) is 0 Å². The third kappa shape index (κ3) is 2.84. The number of carboxylic acids is 1. The summed E-state index contributed by atoms with van der Waals surface area (Å²) in [5.41, 5.74) is 4.39. The van der Waals surface area contributed by atoms with E-state index in [4.69, 9.17) is 5.11 Å². The average molecular weight is 218 g/mol. The number of carboxylic acid groups (broad SMARTS) is 1. The summed E-state index contributed by atoms with van der Waals surface area (Å²) in [6.45, 7) is 0. The fourth-order valence-corrected chi connectivity index (χ4v) is 2.39. The summed E-state index contributed by atoms with van der Waals surface area (Å²) >= 11 is 0. The van der Waals surface area contributed by atoms with Crippen molar-refractivity contribution in [3.05, 3.63) is 34.9 Å². The Morgan fingerprint density at radius 2 is 2.00 bits per heavy atom. The van der Waals surface area contributed by atoms with Crippen molar-refractivity contribution in [2.45, 2.75) is 44.9 Å². The molecule has 2 heteroatoms. The van der Waals surface area contributed by atoms with E-state index in [0.29, 0.717) is 6.42 Å². The molecular weight excluding hydrogens is 200 g/mol. The molecule has 0 fully saturated rings. The number of carbonyl (C=O) groups is 1. The smallest absolute Gasteiger partial charge is 0.303 e. The Balaban J connectivity index is 1.83. The molecule has 0 atom stereocenters. The van der Waals surface area contributed by atoms with Crippen molar-refractivity contribution in [3.8, 4) is 0 Å². The summed E-state index contributed by atoms with van der Waals surface area (Å²) in [4.78, 5) is 10.4. The fraction of sp³-hybridized carbons (Fsp3) is 0.500. The summed E-state index contributed by atoms with van der Waals surface area (Å²) in [5, 5.41) is 8.54. The maximum atomic E-state index is 10.4. The van der Waals surface area contributed by atoms with Gasteiger partial charge in [-0.05, 0) is 55.2 Å². The Hall–Kier alpha value is -1.31. The molecule has 0 aliphatic heterocycles. The monoisotopic (exact) mass is 218 g/mol. The average Bonchev–Trinajstić information content (AvgIpc) is 2.71. The topological polar surface area (TPSA) is 37.3 Å². The largest absolute Gasteiger partial charge is 0.481 e. The number of unbranched alkanes of at least 4 members (excludes halogenated alkanes) is 1. The number of hydrogen-bond donors (Lipinski definition) is 1. The summed E-state index contributed by atoms with van der Waals surface area (Å²) in [6, 6.07) is 6.75. The highest BCUT2D eigenvalue weighted by Gasteiger charge is 2.10. The molecule has 16 heavy (non-hydrogen) atoms. The summed E-state index contributed by atoms with van der Waals surface area (Å²) in [5.74, 6) is -0.686. The van der Waals surface area contributed by atoms with Crippen LogP contribution in [-0.2, 0) is 24.1 Å². The molecule has 2 nitrogen and oxygen atoms in total. The van der Waals surface area contributed by atoms with Crippen LogP contribution in [0.3, 0.4) is 0 Å². The summed E-state index contributed by atoms with van der Waals surface area (Å²) < 4.78 is 0. The molecule has 0 heterocycles. The number of aliphatic carboxylic acids is 1. The zero-order valence-electron chi connectivity index (χ0n) is 9.54. The van der Waals surface area contributed by atoms with Gasteiger partial charge in [-0.1, -0.05) is 18.2 Å². The third-order valence-corrected chi connectivity index (χ3v) is 3.27. The van der Waals surface area contributed by atoms with Crippen molar-refractivity contribution >= 4 is 5.97 Å². The quantitative estimate of drug-likeness (QED) is 0.771. The van der Waals surface area contributed by atoms with Crippen LogP contribution >= 0.6 is 0 Å². The molecule has 0 radical (unpaired) electrons. The molecule has 1 aromatic rings. The number of fused-ring (bicyclic) bond motifs is 1.